The maximum atomic E-state index is 10.4. The van der Waals surface area contributed by atoms with Crippen LogP contribution in [0.4, 0.5) is 0 Å². The van der Waals surface area contributed by atoms with E-state index in [9.17, 15) is 9.79 Å². The van der Waals surface area contributed by atoms with E-state index < -0.39 is 7.94 Å². The molecule has 1 rings (SSSR count). The fourth-order valence-corrected chi connectivity index (χ4v) is 4.43. The van der Waals surface area contributed by atoms with Gasteiger partial charge in [-0.3, -0.25) is 0 Å². The third kappa shape index (κ3) is 10.6. The molecule has 0 aromatic heterocycles. The topological polar surface area (TPSA) is 49.7 Å². The van der Waals surface area contributed by atoms with Crippen LogP contribution in [0, 0.1) is 5.92 Å². The van der Waals surface area contributed by atoms with Crippen LogP contribution < -0.4 is 5.30 Å². The second kappa shape index (κ2) is 14.5. The van der Waals surface area contributed by atoms with Crippen LogP contribution in [-0.4, -0.2) is 16.4 Å². The number of hydrogen-bond donors (Lipinski definition) is 2. The van der Waals surface area contributed by atoms with Crippen molar-refractivity contribution < 1.29 is 14.3 Å². The lowest BCUT2D eigenvalue weighted by Gasteiger charge is -2.16. The SMILES string of the molecule is CCCCCCCCCc1ccc([P+](O)(O)OCC(CC)CCCC)cc1. The van der Waals surface area contributed by atoms with Crippen molar-refractivity contribution in [3.63, 3.8) is 0 Å². The predicted molar refractivity (Wildman–Crippen MR) is 118 cm³/mol. The van der Waals surface area contributed by atoms with Crippen molar-refractivity contribution in [1.29, 1.82) is 0 Å². The minimum atomic E-state index is -3.46. The highest BCUT2D eigenvalue weighted by atomic mass is 31.2. The first-order valence-electron chi connectivity index (χ1n) is 11.1. The van der Waals surface area contributed by atoms with Gasteiger partial charge in [0, 0.05) is 0 Å². The Morgan fingerprint density at radius 3 is 2.00 bits per heavy atom. The number of hydrogen-bond acceptors (Lipinski definition) is 3. The Bertz CT molecular complexity index is 473. The molecule has 0 fully saturated rings. The Morgan fingerprint density at radius 2 is 1.41 bits per heavy atom. The summed E-state index contributed by atoms with van der Waals surface area (Å²) in [7, 11) is -3.46. The van der Waals surface area contributed by atoms with Crippen LogP contribution in [-0.2, 0) is 10.9 Å². The van der Waals surface area contributed by atoms with E-state index in [1.807, 2.05) is 24.3 Å². The molecule has 0 aliphatic heterocycles. The molecular formula is C23H42O3P+. The van der Waals surface area contributed by atoms with Crippen LogP contribution in [0.3, 0.4) is 0 Å². The smallest absolute Gasteiger partial charge is 0.188 e. The highest BCUT2D eigenvalue weighted by Gasteiger charge is 2.39. The number of benzene rings is 1. The van der Waals surface area contributed by atoms with E-state index in [-0.39, 0.29) is 0 Å². The summed E-state index contributed by atoms with van der Waals surface area (Å²) in [5.74, 6) is 0.403. The van der Waals surface area contributed by atoms with Gasteiger partial charge in [0.15, 0.2) is 5.30 Å². The fourth-order valence-electron chi connectivity index (χ4n) is 3.33. The summed E-state index contributed by atoms with van der Waals surface area (Å²) in [6, 6.07) is 7.70. The number of aryl methyl sites for hydroxylation is 1. The molecular weight excluding hydrogens is 355 g/mol. The molecule has 2 N–H and O–H groups in total. The van der Waals surface area contributed by atoms with Gasteiger partial charge in [-0.15, -0.1) is 0 Å². The molecule has 0 aliphatic carbocycles. The van der Waals surface area contributed by atoms with Crippen molar-refractivity contribution in [2.24, 2.45) is 5.92 Å². The molecule has 0 bridgehead atoms. The molecule has 0 spiro atoms. The summed E-state index contributed by atoms with van der Waals surface area (Å²) in [6.45, 7) is 6.99. The van der Waals surface area contributed by atoms with E-state index >= 15 is 0 Å². The van der Waals surface area contributed by atoms with Crippen LogP contribution in [0.25, 0.3) is 0 Å². The van der Waals surface area contributed by atoms with E-state index in [1.54, 1.807) is 0 Å². The summed E-state index contributed by atoms with van der Waals surface area (Å²) >= 11 is 0. The Hall–Kier alpha value is -0.470. The second-order valence-corrected chi connectivity index (χ2v) is 9.66. The van der Waals surface area contributed by atoms with Gasteiger partial charge in [-0.1, -0.05) is 90.7 Å². The van der Waals surface area contributed by atoms with E-state index in [0.29, 0.717) is 17.8 Å². The van der Waals surface area contributed by atoms with Crippen molar-refractivity contribution in [1.82, 2.24) is 0 Å². The van der Waals surface area contributed by atoms with Gasteiger partial charge in [0.2, 0.25) is 0 Å². The molecule has 0 aliphatic rings. The molecule has 1 aromatic carbocycles. The van der Waals surface area contributed by atoms with Crippen molar-refractivity contribution in [2.75, 3.05) is 6.61 Å². The van der Waals surface area contributed by atoms with Gasteiger partial charge in [0.1, 0.15) is 6.61 Å². The Kier molecular flexibility index (Phi) is 13.2. The zero-order valence-corrected chi connectivity index (χ0v) is 18.7. The third-order valence-corrected chi connectivity index (χ3v) is 6.86. The fraction of sp³-hybridized carbons (Fsp3) is 0.739. The van der Waals surface area contributed by atoms with Gasteiger partial charge in [-0.05, 0) is 42.9 Å². The molecule has 1 unspecified atom stereocenters. The van der Waals surface area contributed by atoms with Gasteiger partial charge in [0.05, 0.1) is 0 Å². The first-order chi connectivity index (χ1) is 13.0. The zero-order chi connectivity index (χ0) is 20.0. The molecule has 0 saturated carbocycles. The third-order valence-electron chi connectivity index (χ3n) is 5.38. The van der Waals surface area contributed by atoms with Crippen molar-refractivity contribution >= 4 is 13.2 Å². The first-order valence-corrected chi connectivity index (χ1v) is 12.7. The average Bonchev–Trinajstić information content (AvgIpc) is 2.68. The van der Waals surface area contributed by atoms with E-state index in [1.165, 1.54) is 50.5 Å². The van der Waals surface area contributed by atoms with E-state index in [4.69, 9.17) is 4.52 Å². The van der Waals surface area contributed by atoms with Gasteiger partial charge < -0.3 is 0 Å². The molecule has 27 heavy (non-hydrogen) atoms. The highest BCUT2D eigenvalue weighted by Crippen LogP contribution is 2.50. The lowest BCUT2D eigenvalue weighted by molar-refractivity contribution is 0.190. The zero-order valence-electron chi connectivity index (χ0n) is 17.8. The van der Waals surface area contributed by atoms with E-state index in [0.717, 1.165) is 32.1 Å². The predicted octanol–water partition coefficient (Wildman–Crippen LogP) is 6.59. The molecule has 0 radical (unpaired) electrons. The molecule has 1 atom stereocenters. The van der Waals surface area contributed by atoms with Crippen molar-refractivity contribution in [3.8, 4) is 0 Å². The second-order valence-electron chi connectivity index (χ2n) is 7.79. The van der Waals surface area contributed by atoms with Crippen LogP contribution in [0.15, 0.2) is 24.3 Å². The number of rotatable bonds is 16. The van der Waals surface area contributed by atoms with Gasteiger partial charge in [-0.25, -0.2) is 0 Å². The molecule has 0 amide bonds. The van der Waals surface area contributed by atoms with Gasteiger partial charge in [0.25, 0.3) is 0 Å². The Balaban J connectivity index is 2.37. The van der Waals surface area contributed by atoms with Crippen molar-refractivity contribution in [3.05, 3.63) is 29.8 Å². The van der Waals surface area contributed by atoms with Crippen LogP contribution in [0.2, 0.25) is 0 Å². The molecule has 0 heterocycles. The first kappa shape index (κ1) is 24.6. The van der Waals surface area contributed by atoms with Crippen LogP contribution in [0.5, 0.6) is 0 Å². The summed E-state index contributed by atoms with van der Waals surface area (Å²) in [4.78, 5) is 20.8. The summed E-state index contributed by atoms with van der Waals surface area (Å²) in [6.07, 6.45) is 14.7. The molecule has 0 saturated heterocycles. The summed E-state index contributed by atoms with van der Waals surface area (Å²) in [5, 5.41) is 0.524. The maximum Gasteiger partial charge on any atom is 0.443 e. The summed E-state index contributed by atoms with van der Waals surface area (Å²) < 4.78 is 5.57. The molecule has 1 aromatic rings. The standard InChI is InChI=1S/C23H42O3P/c1-4-7-9-10-11-12-13-15-22-16-18-23(19-17-22)27(24,25)26-20-21(6-3)14-8-5-2/h16-19,21,24-25H,4-15,20H2,1-3H3/q+1. The monoisotopic (exact) mass is 397 g/mol. The summed E-state index contributed by atoms with van der Waals surface area (Å²) in [5.41, 5.74) is 1.27. The Labute approximate surface area is 168 Å². The molecule has 3 nitrogen and oxygen atoms in total. The van der Waals surface area contributed by atoms with E-state index in [2.05, 4.69) is 20.8 Å². The molecule has 4 heteroatoms. The highest BCUT2D eigenvalue weighted by molar-refractivity contribution is 7.67. The van der Waals surface area contributed by atoms with Crippen LogP contribution >= 0.6 is 7.94 Å². The Morgan fingerprint density at radius 1 is 0.815 bits per heavy atom. The number of unbranched alkanes of at least 4 members (excludes halogenated alkanes) is 7. The maximum absolute atomic E-state index is 10.4. The minimum absolute atomic E-state index is 0.403. The average molecular weight is 398 g/mol. The largest absolute Gasteiger partial charge is 0.443 e. The lowest BCUT2D eigenvalue weighted by Crippen LogP contribution is -2.17. The quantitative estimate of drug-likeness (QED) is 0.244. The van der Waals surface area contributed by atoms with Gasteiger partial charge in [-0.2, -0.15) is 14.3 Å². The minimum Gasteiger partial charge on any atom is -0.188 e. The molecule has 156 valence electrons. The van der Waals surface area contributed by atoms with Gasteiger partial charge >= 0.3 is 7.94 Å². The normalized spacial score (nSPS) is 13.1. The van der Waals surface area contributed by atoms with Crippen molar-refractivity contribution in [2.45, 2.75) is 97.8 Å². The van der Waals surface area contributed by atoms with Crippen LogP contribution in [0.1, 0.15) is 97.0 Å². The lowest BCUT2D eigenvalue weighted by atomic mass is 10.0.